The van der Waals surface area contributed by atoms with Crippen molar-refractivity contribution in [2.75, 3.05) is 13.2 Å². The van der Waals surface area contributed by atoms with Crippen molar-refractivity contribution in [3.8, 4) is 17.2 Å². The number of amides is 1. The fraction of sp³-hybridized carbons (Fsp3) is 0.440. The fourth-order valence-corrected chi connectivity index (χ4v) is 5.36. The molecule has 3 heterocycles. The molecule has 3 aliphatic rings. The second kappa shape index (κ2) is 7.95. The first kappa shape index (κ1) is 21.6. The molecule has 33 heavy (non-hydrogen) atoms. The average molecular weight is 453 g/mol. The number of phenolic OH excluding ortho intramolecular Hbond substituents is 1. The Morgan fingerprint density at radius 2 is 2.03 bits per heavy atom. The predicted molar refractivity (Wildman–Crippen MR) is 118 cm³/mol. The first-order valence-corrected chi connectivity index (χ1v) is 11.2. The van der Waals surface area contributed by atoms with Crippen LogP contribution in [0, 0.1) is 5.92 Å². The number of nitrogens with zero attached hydrogens (tertiary/aromatic N) is 1. The van der Waals surface area contributed by atoms with E-state index in [1.807, 2.05) is 18.7 Å². The second-order valence-electron chi connectivity index (χ2n) is 9.43. The van der Waals surface area contributed by atoms with E-state index in [0.29, 0.717) is 17.9 Å². The van der Waals surface area contributed by atoms with E-state index in [0.717, 1.165) is 24.2 Å². The zero-order valence-electron chi connectivity index (χ0n) is 18.6. The summed E-state index contributed by atoms with van der Waals surface area (Å²) in [5, 5.41) is 18.9. The van der Waals surface area contributed by atoms with Gasteiger partial charge >= 0.3 is 5.97 Å². The Morgan fingerprint density at radius 1 is 1.21 bits per heavy atom. The molecule has 8 nitrogen and oxygen atoms in total. The molecule has 2 fully saturated rings. The number of aliphatic carboxylic acids is 1. The van der Waals surface area contributed by atoms with Crippen LogP contribution in [0.1, 0.15) is 48.7 Å². The van der Waals surface area contributed by atoms with Gasteiger partial charge in [0.1, 0.15) is 22.8 Å². The lowest BCUT2D eigenvalue weighted by Crippen LogP contribution is -2.54. The smallest absolute Gasteiger partial charge is 0.341 e. The number of carboxylic acids is 1. The van der Waals surface area contributed by atoms with Crippen LogP contribution in [-0.2, 0) is 9.53 Å². The largest absolute Gasteiger partial charge is 0.508 e. The number of aromatic hydroxyl groups is 1. The fourth-order valence-electron chi connectivity index (χ4n) is 5.36. The van der Waals surface area contributed by atoms with Gasteiger partial charge in [-0.2, -0.15) is 0 Å². The number of benzene rings is 2. The minimum absolute atomic E-state index is 0.00619. The number of rotatable bonds is 4. The first-order valence-electron chi connectivity index (χ1n) is 11.2. The molecular weight excluding hydrogens is 426 g/mol. The molecule has 2 aromatic carbocycles. The molecule has 0 spiro atoms. The van der Waals surface area contributed by atoms with E-state index in [1.165, 1.54) is 0 Å². The molecule has 174 valence electrons. The van der Waals surface area contributed by atoms with Crippen LogP contribution in [0.25, 0.3) is 0 Å². The van der Waals surface area contributed by atoms with Gasteiger partial charge < -0.3 is 29.3 Å². The van der Waals surface area contributed by atoms with Gasteiger partial charge in [-0.1, -0.05) is 6.07 Å². The minimum Gasteiger partial charge on any atom is -0.508 e. The number of likely N-dealkylation sites (tertiary alicyclic amines) is 1. The van der Waals surface area contributed by atoms with Gasteiger partial charge in [0.2, 0.25) is 0 Å². The summed E-state index contributed by atoms with van der Waals surface area (Å²) in [5.74, 6) is 0.0494. The van der Waals surface area contributed by atoms with Crippen molar-refractivity contribution in [3.63, 3.8) is 0 Å². The van der Waals surface area contributed by atoms with E-state index in [-0.39, 0.29) is 35.8 Å². The number of carbonyl (C=O) groups excluding carboxylic acids is 1. The Hall–Kier alpha value is -3.26. The Morgan fingerprint density at radius 3 is 2.82 bits per heavy atom. The number of hydrogen-bond acceptors (Lipinski definition) is 6. The maximum absolute atomic E-state index is 13.4. The van der Waals surface area contributed by atoms with Gasteiger partial charge in [0.25, 0.3) is 5.91 Å². The van der Waals surface area contributed by atoms with Crippen LogP contribution in [-0.4, -0.2) is 57.9 Å². The van der Waals surface area contributed by atoms with Gasteiger partial charge in [-0.05, 0) is 63.1 Å². The summed E-state index contributed by atoms with van der Waals surface area (Å²) in [6.45, 7) is 4.18. The lowest BCUT2D eigenvalue weighted by Gasteiger charge is -2.50. The maximum atomic E-state index is 13.4. The molecule has 1 amide bonds. The Kier molecular flexibility index (Phi) is 5.20. The molecule has 4 atom stereocenters. The van der Waals surface area contributed by atoms with Gasteiger partial charge in [0.15, 0.2) is 6.61 Å². The number of phenols is 1. The van der Waals surface area contributed by atoms with E-state index < -0.39 is 18.2 Å². The summed E-state index contributed by atoms with van der Waals surface area (Å²) in [5.41, 5.74) is 0.808. The van der Waals surface area contributed by atoms with Crippen LogP contribution in [0.15, 0.2) is 42.5 Å². The number of ether oxygens (including phenoxy) is 3. The highest BCUT2D eigenvalue weighted by Crippen LogP contribution is 2.53. The molecule has 2 aromatic rings. The molecule has 0 saturated carbocycles. The van der Waals surface area contributed by atoms with Crippen LogP contribution in [0.4, 0.5) is 0 Å². The van der Waals surface area contributed by atoms with Gasteiger partial charge in [-0.25, -0.2) is 4.79 Å². The topological polar surface area (TPSA) is 106 Å². The van der Waals surface area contributed by atoms with Gasteiger partial charge in [0, 0.05) is 23.6 Å². The summed E-state index contributed by atoms with van der Waals surface area (Å²) in [7, 11) is 0. The standard InChI is InChI=1S/C25H27NO7/c1-25(2)18-12-19-21(32-23(18)17-11-15(27)6-7-20(17)33-25)8-9-26(19)24(30)14-4-3-5-16(10-14)31-13-22(28)29/h3-7,10-11,18-19,21,23,27H,8-9,12-13H2,1-2H3,(H,28,29)/t18-,19+,21-,23+/m1/s1. The predicted octanol–water partition coefficient (Wildman–Crippen LogP) is 3.39. The van der Waals surface area contributed by atoms with Crippen LogP contribution in [0.2, 0.25) is 0 Å². The van der Waals surface area contributed by atoms with E-state index in [4.69, 9.17) is 19.3 Å². The van der Waals surface area contributed by atoms with E-state index in [9.17, 15) is 14.7 Å². The van der Waals surface area contributed by atoms with Gasteiger partial charge in [-0.15, -0.1) is 0 Å². The highest BCUT2D eigenvalue weighted by molar-refractivity contribution is 5.95. The Labute approximate surface area is 191 Å². The number of carbonyl (C=O) groups is 2. The highest BCUT2D eigenvalue weighted by Gasteiger charge is 2.54. The summed E-state index contributed by atoms with van der Waals surface area (Å²) in [6.07, 6.45) is 1.13. The van der Waals surface area contributed by atoms with Crippen LogP contribution >= 0.6 is 0 Å². The van der Waals surface area contributed by atoms with Gasteiger partial charge in [0.05, 0.1) is 18.2 Å². The van der Waals surface area contributed by atoms with Crippen molar-refractivity contribution < 1.29 is 34.0 Å². The third-order valence-corrected chi connectivity index (χ3v) is 6.94. The van der Waals surface area contributed by atoms with Crippen molar-refractivity contribution in [2.24, 2.45) is 5.92 Å². The lowest BCUT2D eigenvalue weighted by molar-refractivity contribution is -0.159. The summed E-state index contributed by atoms with van der Waals surface area (Å²) in [6, 6.07) is 11.6. The molecule has 3 aliphatic heterocycles. The Balaban J connectivity index is 1.38. The first-order chi connectivity index (χ1) is 15.7. The molecule has 0 aliphatic carbocycles. The van der Waals surface area contributed by atoms with Gasteiger partial charge in [-0.3, -0.25) is 4.79 Å². The van der Waals surface area contributed by atoms with Crippen molar-refractivity contribution in [1.82, 2.24) is 4.90 Å². The summed E-state index contributed by atoms with van der Waals surface area (Å²) in [4.78, 5) is 26.0. The molecule has 0 bridgehead atoms. The van der Waals surface area contributed by atoms with Crippen molar-refractivity contribution in [2.45, 2.75) is 50.5 Å². The zero-order valence-corrected chi connectivity index (χ0v) is 18.6. The number of carboxylic acid groups (broad SMARTS) is 1. The number of fused-ring (bicyclic) bond motifs is 4. The molecular formula is C25H27NO7. The third-order valence-electron chi connectivity index (χ3n) is 6.94. The number of hydrogen-bond donors (Lipinski definition) is 2. The van der Waals surface area contributed by atoms with Crippen molar-refractivity contribution in [1.29, 1.82) is 0 Å². The average Bonchev–Trinajstić information content (AvgIpc) is 3.20. The van der Waals surface area contributed by atoms with E-state index >= 15 is 0 Å². The van der Waals surface area contributed by atoms with Crippen molar-refractivity contribution >= 4 is 11.9 Å². The normalized spacial score (nSPS) is 27.0. The summed E-state index contributed by atoms with van der Waals surface area (Å²) < 4.78 is 18.1. The molecule has 5 rings (SSSR count). The minimum atomic E-state index is -1.07. The highest BCUT2D eigenvalue weighted by atomic mass is 16.5. The third kappa shape index (κ3) is 3.88. The zero-order chi connectivity index (χ0) is 23.3. The SMILES string of the molecule is CC1(C)Oc2ccc(O)cc2[C@@H]2O[C@@H]3CCN(C(=O)c4cccc(OCC(=O)O)c4)[C@H]3C[C@H]21. The van der Waals surface area contributed by atoms with E-state index in [1.54, 1.807) is 42.5 Å². The Bertz CT molecular complexity index is 1100. The second-order valence-corrected chi connectivity index (χ2v) is 9.43. The molecule has 0 aromatic heterocycles. The van der Waals surface area contributed by atoms with Crippen LogP contribution < -0.4 is 9.47 Å². The van der Waals surface area contributed by atoms with Crippen molar-refractivity contribution in [3.05, 3.63) is 53.6 Å². The monoisotopic (exact) mass is 453 g/mol. The quantitative estimate of drug-likeness (QED) is 0.731. The molecule has 0 radical (unpaired) electrons. The molecule has 2 N–H and O–H groups in total. The van der Waals surface area contributed by atoms with Crippen LogP contribution in [0.3, 0.4) is 0 Å². The molecule has 2 saturated heterocycles. The van der Waals surface area contributed by atoms with E-state index in [2.05, 4.69) is 0 Å². The van der Waals surface area contributed by atoms with Crippen LogP contribution in [0.5, 0.6) is 17.2 Å². The molecule has 0 unspecified atom stereocenters. The lowest BCUT2D eigenvalue weighted by atomic mass is 9.74. The maximum Gasteiger partial charge on any atom is 0.341 e. The molecule has 8 heteroatoms. The summed E-state index contributed by atoms with van der Waals surface area (Å²) >= 11 is 0.